The van der Waals surface area contributed by atoms with E-state index in [0.29, 0.717) is 24.8 Å². The van der Waals surface area contributed by atoms with Crippen LogP contribution < -0.4 is 0 Å². The van der Waals surface area contributed by atoms with Crippen molar-refractivity contribution in [2.45, 2.75) is 12.8 Å². The van der Waals surface area contributed by atoms with Gasteiger partial charge in [0.15, 0.2) is 0 Å². The molecule has 5 nitrogen and oxygen atoms in total. The second-order valence-corrected chi connectivity index (χ2v) is 4.83. The molecule has 5 heteroatoms. The zero-order valence-corrected chi connectivity index (χ0v) is 11.2. The number of aromatic nitrogens is 2. The highest BCUT2D eigenvalue weighted by Crippen LogP contribution is 2.18. The Bertz CT molecular complexity index is 467. The lowest BCUT2D eigenvalue weighted by Gasteiger charge is -2.31. The van der Waals surface area contributed by atoms with Crippen molar-refractivity contribution in [1.29, 1.82) is 0 Å². The number of ether oxygens (including phenoxy) is 1. The summed E-state index contributed by atoms with van der Waals surface area (Å²) in [5.74, 6) is 2.98. The molecule has 2 rings (SSSR count). The Hall–Kier alpha value is -1.80. The minimum Gasteiger partial charge on any atom is -0.369 e. The van der Waals surface area contributed by atoms with Crippen LogP contribution in [0.3, 0.4) is 0 Å². The lowest BCUT2D eigenvalue weighted by atomic mass is 9.97. The largest absolute Gasteiger partial charge is 0.369 e. The number of hydrogen-bond acceptors (Lipinski definition) is 3. The average molecular weight is 261 g/mol. The third-order valence-electron chi connectivity index (χ3n) is 3.37. The van der Waals surface area contributed by atoms with Gasteiger partial charge in [-0.15, -0.1) is 6.42 Å². The number of nitrogens with zero attached hydrogens (tertiary/aromatic N) is 3. The van der Waals surface area contributed by atoms with Gasteiger partial charge in [-0.25, -0.2) is 0 Å². The van der Waals surface area contributed by atoms with Crippen molar-refractivity contribution in [3.8, 4) is 12.3 Å². The van der Waals surface area contributed by atoms with Gasteiger partial charge in [0.2, 0.25) is 0 Å². The van der Waals surface area contributed by atoms with Crippen LogP contribution in [-0.4, -0.2) is 46.9 Å². The van der Waals surface area contributed by atoms with Gasteiger partial charge in [-0.3, -0.25) is 9.48 Å². The van der Waals surface area contributed by atoms with E-state index in [1.807, 2.05) is 11.9 Å². The van der Waals surface area contributed by atoms with Crippen molar-refractivity contribution >= 4 is 5.91 Å². The van der Waals surface area contributed by atoms with E-state index in [9.17, 15) is 4.79 Å². The van der Waals surface area contributed by atoms with Crippen LogP contribution in [0.5, 0.6) is 0 Å². The normalized spacial score (nSPS) is 16.3. The number of hydrogen-bond donors (Lipinski definition) is 0. The molecule has 0 aliphatic carbocycles. The molecule has 0 unspecified atom stereocenters. The number of piperidine rings is 1. The molecule has 19 heavy (non-hydrogen) atoms. The zero-order valence-electron chi connectivity index (χ0n) is 11.2. The smallest absolute Gasteiger partial charge is 0.274 e. The highest BCUT2D eigenvalue weighted by molar-refractivity contribution is 5.92. The van der Waals surface area contributed by atoms with Crippen molar-refractivity contribution in [2.75, 3.05) is 26.3 Å². The fourth-order valence-electron chi connectivity index (χ4n) is 2.28. The first kappa shape index (κ1) is 13.6. The molecule has 0 bridgehead atoms. The predicted octanol–water partition coefficient (Wildman–Crippen LogP) is 0.922. The second-order valence-electron chi connectivity index (χ2n) is 4.83. The van der Waals surface area contributed by atoms with Crippen LogP contribution in [0.1, 0.15) is 23.3 Å². The van der Waals surface area contributed by atoms with Crippen molar-refractivity contribution in [2.24, 2.45) is 13.0 Å². The fourth-order valence-corrected chi connectivity index (χ4v) is 2.28. The van der Waals surface area contributed by atoms with Gasteiger partial charge in [-0.05, 0) is 24.8 Å². The third-order valence-corrected chi connectivity index (χ3v) is 3.37. The third kappa shape index (κ3) is 3.58. The van der Waals surface area contributed by atoms with Gasteiger partial charge >= 0.3 is 0 Å². The van der Waals surface area contributed by atoms with Gasteiger partial charge in [0, 0.05) is 26.3 Å². The SMILES string of the molecule is C#CCOCC1CCN(C(=O)c2ccn(C)n2)CC1. The first-order chi connectivity index (χ1) is 9.20. The first-order valence-corrected chi connectivity index (χ1v) is 6.51. The topological polar surface area (TPSA) is 47.4 Å². The van der Waals surface area contributed by atoms with E-state index in [0.717, 1.165) is 25.9 Å². The Morgan fingerprint density at radius 1 is 1.58 bits per heavy atom. The van der Waals surface area contributed by atoms with Crippen LogP contribution >= 0.6 is 0 Å². The predicted molar refractivity (Wildman–Crippen MR) is 71.5 cm³/mol. The molecule has 1 saturated heterocycles. The van der Waals surface area contributed by atoms with Crippen LogP contribution in [0, 0.1) is 18.3 Å². The molecule has 1 amide bonds. The zero-order chi connectivity index (χ0) is 13.7. The number of amides is 1. The van der Waals surface area contributed by atoms with Crippen LogP contribution in [-0.2, 0) is 11.8 Å². The Balaban J connectivity index is 1.80. The Morgan fingerprint density at radius 2 is 2.32 bits per heavy atom. The number of terminal acetylenes is 1. The van der Waals surface area contributed by atoms with Crippen molar-refractivity contribution in [1.82, 2.24) is 14.7 Å². The van der Waals surface area contributed by atoms with Crippen LogP contribution in [0.4, 0.5) is 0 Å². The highest BCUT2D eigenvalue weighted by atomic mass is 16.5. The van der Waals surface area contributed by atoms with E-state index in [4.69, 9.17) is 11.2 Å². The van der Waals surface area contributed by atoms with Gasteiger partial charge in [0.1, 0.15) is 12.3 Å². The molecule has 1 aromatic heterocycles. The molecule has 0 aromatic carbocycles. The maximum atomic E-state index is 12.2. The summed E-state index contributed by atoms with van der Waals surface area (Å²) in [7, 11) is 1.81. The summed E-state index contributed by atoms with van der Waals surface area (Å²) in [6.07, 6.45) is 8.84. The minimum atomic E-state index is 0.0172. The number of likely N-dealkylation sites (tertiary alicyclic amines) is 1. The van der Waals surface area contributed by atoms with Gasteiger partial charge < -0.3 is 9.64 Å². The Morgan fingerprint density at radius 3 is 2.89 bits per heavy atom. The Labute approximate surface area is 113 Å². The van der Waals surface area contributed by atoms with Crippen LogP contribution in [0.15, 0.2) is 12.3 Å². The highest BCUT2D eigenvalue weighted by Gasteiger charge is 2.24. The maximum absolute atomic E-state index is 12.2. The van der Waals surface area contributed by atoms with Gasteiger partial charge in [-0.1, -0.05) is 5.92 Å². The maximum Gasteiger partial charge on any atom is 0.274 e. The summed E-state index contributed by atoms with van der Waals surface area (Å²) in [6, 6.07) is 1.75. The molecular weight excluding hydrogens is 242 g/mol. The molecule has 0 N–H and O–H groups in total. The van der Waals surface area contributed by atoms with E-state index in [1.165, 1.54) is 0 Å². The van der Waals surface area contributed by atoms with Gasteiger partial charge in [0.25, 0.3) is 5.91 Å². The lowest BCUT2D eigenvalue weighted by molar-refractivity contribution is 0.0576. The van der Waals surface area contributed by atoms with Gasteiger partial charge in [-0.2, -0.15) is 5.10 Å². The van der Waals surface area contributed by atoms with Gasteiger partial charge in [0.05, 0.1) is 6.61 Å². The molecule has 1 aliphatic heterocycles. The van der Waals surface area contributed by atoms with E-state index >= 15 is 0 Å². The second kappa shape index (κ2) is 6.39. The van der Waals surface area contributed by atoms with Crippen LogP contribution in [0.25, 0.3) is 0 Å². The average Bonchev–Trinajstić information content (AvgIpc) is 2.86. The molecule has 2 heterocycles. The summed E-state index contributed by atoms with van der Waals surface area (Å²) in [5.41, 5.74) is 0.518. The number of aryl methyl sites for hydroxylation is 1. The fraction of sp³-hybridized carbons (Fsp3) is 0.571. The summed E-state index contributed by atoms with van der Waals surface area (Å²) in [6.45, 7) is 2.59. The molecule has 1 fully saturated rings. The molecule has 102 valence electrons. The molecule has 0 saturated carbocycles. The van der Waals surface area contributed by atoms with E-state index < -0.39 is 0 Å². The molecule has 0 spiro atoms. The Kier molecular flexibility index (Phi) is 4.58. The molecule has 0 atom stereocenters. The first-order valence-electron chi connectivity index (χ1n) is 6.51. The number of rotatable bonds is 4. The quantitative estimate of drug-likeness (QED) is 0.598. The van der Waals surface area contributed by atoms with E-state index in [2.05, 4.69) is 11.0 Å². The standard InChI is InChI=1S/C14H19N3O2/c1-3-10-19-11-12-4-8-17(9-5-12)14(18)13-6-7-16(2)15-13/h1,6-7,12H,4-5,8-11H2,2H3. The molecule has 1 aliphatic rings. The monoisotopic (exact) mass is 261 g/mol. The summed E-state index contributed by atoms with van der Waals surface area (Å²) >= 11 is 0. The van der Waals surface area contributed by atoms with Crippen LogP contribution in [0.2, 0.25) is 0 Å². The summed E-state index contributed by atoms with van der Waals surface area (Å²) in [4.78, 5) is 14.0. The van der Waals surface area contributed by atoms with E-state index in [-0.39, 0.29) is 5.91 Å². The molecule has 1 aromatic rings. The summed E-state index contributed by atoms with van der Waals surface area (Å²) in [5, 5.41) is 4.14. The molecule has 0 radical (unpaired) electrons. The van der Waals surface area contributed by atoms with Crippen molar-refractivity contribution in [3.63, 3.8) is 0 Å². The van der Waals surface area contributed by atoms with Crippen molar-refractivity contribution in [3.05, 3.63) is 18.0 Å². The van der Waals surface area contributed by atoms with Crippen molar-refractivity contribution < 1.29 is 9.53 Å². The minimum absolute atomic E-state index is 0.0172. The summed E-state index contributed by atoms with van der Waals surface area (Å²) < 4.78 is 7.00. The van der Waals surface area contributed by atoms with E-state index in [1.54, 1.807) is 16.9 Å². The number of carbonyl (C=O) groups is 1. The lowest BCUT2D eigenvalue weighted by Crippen LogP contribution is -2.39. The number of carbonyl (C=O) groups excluding carboxylic acids is 1. The molecular formula is C14H19N3O2.